The number of rotatable bonds is 6. The first-order valence-electron chi connectivity index (χ1n) is 5.89. The second-order valence-corrected chi connectivity index (χ2v) is 4.93. The van der Waals surface area contributed by atoms with Crippen LogP contribution >= 0.6 is 11.9 Å². The van der Waals surface area contributed by atoms with Gasteiger partial charge in [0.15, 0.2) is 5.76 Å². The molecule has 2 rings (SSSR count). The molecule has 18 heavy (non-hydrogen) atoms. The first-order valence-corrected chi connectivity index (χ1v) is 6.70. The van der Waals surface area contributed by atoms with Crippen LogP contribution in [0, 0.1) is 6.92 Å². The van der Waals surface area contributed by atoms with Gasteiger partial charge in [0.1, 0.15) is 0 Å². The molecule has 0 spiro atoms. The van der Waals surface area contributed by atoms with Gasteiger partial charge in [-0.3, -0.25) is 0 Å². The fraction of sp³-hybridized carbons (Fsp3) is 0.214. The third-order valence-corrected chi connectivity index (χ3v) is 3.34. The average molecular weight is 261 g/mol. The number of aromatic amines is 1. The van der Waals surface area contributed by atoms with Crippen molar-refractivity contribution in [2.45, 2.75) is 24.7 Å². The molecule has 0 fully saturated rings. The molecule has 1 heterocycles. The second kappa shape index (κ2) is 6.31. The van der Waals surface area contributed by atoms with E-state index in [9.17, 15) is 0 Å². The second-order valence-electron chi connectivity index (χ2n) is 4.05. The number of hydrogen-bond donors (Lipinski definition) is 1. The fourth-order valence-corrected chi connectivity index (χ4v) is 2.16. The van der Waals surface area contributed by atoms with Gasteiger partial charge in [0.05, 0.1) is 22.9 Å². The van der Waals surface area contributed by atoms with Crippen molar-refractivity contribution in [3.8, 4) is 0 Å². The highest BCUT2D eigenvalue weighted by Gasteiger charge is 2.06. The van der Waals surface area contributed by atoms with E-state index < -0.39 is 0 Å². The van der Waals surface area contributed by atoms with Crippen LogP contribution in [0.15, 0.2) is 52.4 Å². The minimum absolute atomic E-state index is 0.859. The van der Waals surface area contributed by atoms with Crippen LogP contribution in [0.1, 0.15) is 17.7 Å². The molecule has 0 amide bonds. The summed E-state index contributed by atoms with van der Waals surface area (Å²) in [6.45, 7) is 5.64. The molecule has 2 aromatic rings. The fourth-order valence-electron chi connectivity index (χ4n) is 1.55. The Morgan fingerprint density at radius 3 is 2.78 bits per heavy atom. The Morgan fingerprint density at radius 1 is 1.39 bits per heavy atom. The van der Waals surface area contributed by atoms with Gasteiger partial charge in [-0.1, -0.05) is 23.4 Å². The van der Waals surface area contributed by atoms with E-state index in [1.54, 1.807) is 11.9 Å². The van der Waals surface area contributed by atoms with Crippen molar-refractivity contribution in [3.05, 3.63) is 54.3 Å². The number of allylic oxidation sites excluding steroid dienone is 1. The summed E-state index contributed by atoms with van der Waals surface area (Å²) in [6.07, 6.45) is 4.02. The minimum atomic E-state index is 0.859. The maximum atomic E-state index is 5.11. The van der Waals surface area contributed by atoms with Crippen LogP contribution in [-0.2, 0) is 6.42 Å². The summed E-state index contributed by atoms with van der Waals surface area (Å²) in [5.41, 5.74) is 1.34. The molecule has 1 aromatic heterocycles. The molecular weight excluding hydrogens is 244 g/mol. The molecule has 1 aromatic carbocycles. The van der Waals surface area contributed by atoms with Crippen molar-refractivity contribution in [1.82, 2.24) is 0 Å². The van der Waals surface area contributed by atoms with Gasteiger partial charge in [0.2, 0.25) is 0 Å². The zero-order valence-electron chi connectivity index (χ0n) is 10.4. The molecule has 3 nitrogen and oxygen atoms in total. The monoisotopic (exact) mass is 261 g/mol. The third kappa shape index (κ3) is 3.67. The van der Waals surface area contributed by atoms with Gasteiger partial charge in [-0.15, -0.1) is 6.58 Å². The first kappa shape index (κ1) is 12.8. The van der Waals surface area contributed by atoms with Gasteiger partial charge in [-0.25, -0.2) is 4.72 Å². The van der Waals surface area contributed by atoms with Crippen LogP contribution in [0.5, 0.6) is 0 Å². The Kier molecular flexibility index (Phi) is 4.47. The highest BCUT2D eigenvalue weighted by Crippen LogP contribution is 2.20. The molecule has 0 aliphatic carbocycles. The third-order valence-electron chi connectivity index (χ3n) is 2.51. The summed E-state index contributed by atoms with van der Waals surface area (Å²) in [5.74, 6) is 1.73. The van der Waals surface area contributed by atoms with Gasteiger partial charge in [-0.2, -0.15) is 0 Å². The number of benzene rings is 1. The van der Waals surface area contributed by atoms with Gasteiger partial charge in [0.25, 0.3) is 0 Å². The Hall–Kier alpha value is -1.68. The topological polar surface area (TPSA) is 39.3 Å². The van der Waals surface area contributed by atoms with Gasteiger partial charge in [-0.05, 0) is 37.5 Å². The maximum Gasteiger partial charge on any atom is 0.322 e. The Morgan fingerprint density at radius 2 is 2.17 bits per heavy atom. The Balaban J connectivity index is 1.88. The molecule has 0 aliphatic heterocycles. The summed E-state index contributed by atoms with van der Waals surface area (Å²) in [4.78, 5) is 1.17. The normalized spacial score (nSPS) is 10.3. The van der Waals surface area contributed by atoms with Crippen molar-refractivity contribution in [2.24, 2.45) is 0 Å². The van der Waals surface area contributed by atoms with Crippen LogP contribution in [0.3, 0.4) is 0 Å². The van der Waals surface area contributed by atoms with Crippen LogP contribution in [0.4, 0.5) is 5.82 Å². The summed E-state index contributed by atoms with van der Waals surface area (Å²) in [5, 5.41) is 2.80. The van der Waals surface area contributed by atoms with E-state index in [0.29, 0.717) is 0 Å². The zero-order chi connectivity index (χ0) is 12.8. The van der Waals surface area contributed by atoms with Crippen LogP contribution in [0.2, 0.25) is 0 Å². The van der Waals surface area contributed by atoms with Crippen molar-refractivity contribution in [1.29, 1.82) is 0 Å². The highest BCUT2D eigenvalue weighted by molar-refractivity contribution is 8.00. The van der Waals surface area contributed by atoms with E-state index in [1.165, 1.54) is 10.5 Å². The quantitative estimate of drug-likeness (QED) is 0.637. The number of hydrogen-bond acceptors (Lipinski definition) is 3. The number of nitrogens with one attached hydrogen (secondary N) is 2. The van der Waals surface area contributed by atoms with Crippen LogP contribution in [-0.4, -0.2) is 0 Å². The molecule has 4 heteroatoms. The van der Waals surface area contributed by atoms with Crippen LogP contribution in [0.25, 0.3) is 0 Å². The standard InChI is InChI=1S/C14H16N2OS/c1-3-4-5-12-6-8-13(9-7-12)18-16-14-10-11(2)17-15-14/h3,6-10H,1,4-5H2,2H3,(H,15,16)/p+1. The number of aryl methyl sites for hydroxylation is 2. The van der Waals surface area contributed by atoms with Crippen molar-refractivity contribution in [2.75, 3.05) is 4.72 Å². The molecule has 0 bridgehead atoms. The molecule has 0 atom stereocenters. The highest BCUT2D eigenvalue weighted by atomic mass is 32.2. The van der Waals surface area contributed by atoms with E-state index in [1.807, 2.05) is 19.1 Å². The molecule has 0 unspecified atom stereocenters. The number of H-pyrrole nitrogens is 1. The van der Waals surface area contributed by atoms with E-state index in [0.717, 1.165) is 24.4 Å². The molecule has 0 aliphatic rings. The Labute approximate surface area is 111 Å². The summed E-state index contributed by atoms with van der Waals surface area (Å²) in [6, 6.07) is 10.5. The SMILES string of the molecule is C=CCCc1ccc(SNc2cc(C)o[nH+]2)cc1. The van der Waals surface area contributed by atoms with Crippen molar-refractivity contribution < 1.29 is 9.68 Å². The molecule has 2 N–H and O–H groups in total. The minimum Gasteiger partial charge on any atom is -0.308 e. The lowest BCUT2D eigenvalue weighted by Crippen LogP contribution is -2.01. The number of aromatic nitrogens is 1. The van der Waals surface area contributed by atoms with Gasteiger partial charge in [0, 0.05) is 0 Å². The predicted octanol–water partition coefficient (Wildman–Crippen LogP) is 3.64. The zero-order valence-corrected chi connectivity index (χ0v) is 11.2. The van der Waals surface area contributed by atoms with Crippen molar-refractivity contribution >= 4 is 17.8 Å². The Bertz CT molecular complexity index is 505. The smallest absolute Gasteiger partial charge is 0.308 e. The summed E-state index contributed by atoms with van der Waals surface area (Å²) >= 11 is 1.56. The maximum absolute atomic E-state index is 5.11. The van der Waals surface area contributed by atoms with E-state index >= 15 is 0 Å². The molecular formula is C14H17N2OS+. The summed E-state index contributed by atoms with van der Waals surface area (Å²) < 4.78 is 8.30. The lowest BCUT2D eigenvalue weighted by molar-refractivity contribution is -0.597. The average Bonchev–Trinajstić information content (AvgIpc) is 2.81. The predicted molar refractivity (Wildman–Crippen MR) is 74.4 cm³/mol. The molecule has 0 saturated carbocycles. The lowest BCUT2D eigenvalue weighted by atomic mass is 10.1. The summed E-state index contributed by atoms with van der Waals surface area (Å²) in [7, 11) is 0. The van der Waals surface area contributed by atoms with Gasteiger partial charge < -0.3 is 4.52 Å². The first-order chi connectivity index (χ1) is 8.78. The van der Waals surface area contributed by atoms with Crippen molar-refractivity contribution in [3.63, 3.8) is 0 Å². The molecule has 0 saturated heterocycles. The lowest BCUT2D eigenvalue weighted by Gasteiger charge is -2.00. The van der Waals surface area contributed by atoms with Crippen LogP contribution < -0.4 is 9.88 Å². The largest absolute Gasteiger partial charge is 0.322 e. The number of anilines is 1. The van der Waals surface area contributed by atoms with E-state index in [4.69, 9.17) is 4.52 Å². The molecule has 0 radical (unpaired) electrons. The van der Waals surface area contributed by atoms with E-state index in [2.05, 4.69) is 40.7 Å². The van der Waals surface area contributed by atoms with Gasteiger partial charge >= 0.3 is 5.82 Å². The molecule has 94 valence electrons. The van der Waals surface area contributed by atoms with E-state index in [-0.39, 0.29) is 0 Å².